The van der Waals surface area contributed by atoms with Crippen LogP contribution in [0.15, 0.2) is 36.7 Å². The third kappa shape index (κ3) is 2.47. The number of carboxylic acids is 1. The Morgan fingerprint density at radius 1 is 1.26 bits per heavy atom. The van der Waals surface area contributed by atoms with E-state index in [0.29, 0.717) is 11.4 Å². The molecule has 2 rings (SSSR count). The van der Waals surface area contributed by atoms with Gasteiger partial charge >= 0.3 is 5.97 Å². The predicted octanol–water partition coefficient (Wildman–Crippen LogP) is 1.95. The maximum absolute atomic E-state index is 11.2. The first-order valence-corrected chi connectivity index (χ1v) is 5.56. The van der Waals surface area contributed by atoms with E-state index in [-0.39, 0.29) is 11.5 Å². The lowest BCUT2D eigenvalue weighted by Gasteiger charge is -2.21. The number of aromatic carboxylic acids is 1. The summed E-state index contributed by atoms with van der Waals surface area (Å²) in [5.74, 6) is -0.226. The summed E-state index contributed by atoms with van der Waals surface area (Å²) in [6, 6.07) is 7.29. The zero-order chi connectivity index (χ0) is 13.8. The quantitative estimate of drug-likeness (QED) is 0.904. The summed E-state index contributed by atoms with van der Waals surface area (Å²) in [5.41, 5.74) is 0.615. The van der Waals surface area contributed by atoms with Crippen LogP contribution < -0.4 is 9.64 Å². The molecular formula is C13H13N3O3. The lowest BCUT2D eigenvalue weighted by molar-refractivity contribution is 0.0691. The van der Waals surface area contributed by atoms with Crippen LogP contribution in [0, 0.1) is 0 Å². The summed E-state index contributed by atoms with van der Waals surface area (Å²) >= 11 is 0. The van der Waals surface area contributed by atoms with Crippen molar-refractivity contribution < 1.29 is 14.6 Å². The van der Waals surface area contributed by atoms with Crippen molar-refractivity contribution in [2.24, 2.45) is 0 Å². The number of para-hydroxylation sites is 2. The van der Waals surface area contributed by atoms with Gasteiger partial charge in [-0.25, -0.2) is 14.8 Å². The van der Waals surface area contributed by atoms with Crippen molar-refractivity contribution in [3.63, 3.8) is 0 Å². The number of hydrogen-bond donors (Lipinski definition) is 1. The minimum atomic E-state index is -1.12. The summed E-state index contributed by atoms with van der Waals surface area (Å²) < 4.78 is 5.25. The van der Waals surface area contributed by atoms with Gasteiger partial charge in [0.25, 0.3) is 0 Å². The molecule has 1 N–H and O–H groups in total. The zero-order valence-corrected chi connectivity index (χ0v) is 10.6. The van der Waals surface area contributed by atoms with Crippen LogP contribution in [-0.4, -0.2) is 35.2 Å². The van der Waals surface area contributed by atoms with Crippen LogP contribution in [0.4, 0.5) is 11.5 Å². The lowest BCUT2D eigenvalue weighted by Crippen LogP contribution is -2.17. The van der Waals surface area contributed by atoms with Crippen LogP contribution in [0.5, 0.6) is 5.75 Å². The van der Waals surface area contributed by atoms with Gasteiger partial charge in [0.05, 0.1) is 12.8 Å². The van der Waals surface area contributed by atoms with Crippen LogP contribution in [0.3, 0.4) is 0 Å². The lowest BCUT2D eigenvalue weighted by atomic mass is 10.2. The minimum Gasteiger partial charge on any atom is -0.495 e. The molecule has 1 aromatic heterocycles. The van der Waals surface area contributed by atoms with Gasteiger partial charge in [-0.1, -0.05) is 12.1 Å². The first-order valence-electron chi connectivity index (χ1n) is 5.56. The number of aromatic nitrogens is 2. The fourth-order valence-electron chi connectivity index (χ4n) is 1.75. The standard InChI is InChI=1S/C13H13N3O3/c1-16(9-5-3-4-6-10(9)19-2)12-11(13(17)18)14-7-8-15-12/h3-8H,1-2H3,(H,17,18). The minimum absolute atomic E-state index is 0.101. The van der Waals surface area contributed by atoms with Crippen molar-refractivity contribution >= 4 is 17.5 Å². The second kappa shape index (κ2) is 5.34. The topological polar surface area (TPSA) is 75.5 Å². The van der Waals surface area contributed by atoms with Crippen molar-refractivity contribution in [2.75, 3.05) is 19.1 Å². The summed E-state index contributed by atoms with van der Waals surface area (Å²) in [4.78, 5) is 20.7. The average molecular weight is 259 g/mol. The van der Waals surface area contributed by atoms with Crippen molar-refractivity contribution in [3.8, 4) is 5.75 Å². The highest BCUT2D eigenvalue weighted by Gasteiger charge is 2.19. The monoisotopic (exact) mass is 259 g/mol. The van der Waals surface area contributed by atoms with E-state index in [9.17, 15) is 4.79 Å². The molecule has 0 unspecified atom stereocenters. The molecule has 98 valence electrons. The average Bonchev–Trinajstić information content (AvgIpc) is 2.46. The van der Waals surface area contributed by atoms with E-state index < -0.39 is 5.97 Å². The molecule has 0 saturated heterocycles. The second-order valence-corrected chi connectivity index (χ2v) is 3.76. The maximum Gasteiger partial charge on any atom is 0.358 e. The van der Waals surface area contributed by atoms with E-state index in [1.54, 1.807) is 25.1 Å². The number of ether oxygens (including phenoxy) is 1. The Morgan fingerprint density at radius 2 is 1.95 bits per heavy atom. The Morgan fingerprint density at radius 3 is 2.63 bits per heavy atom. The van der Waals surface area contributed by atoms with Crippen LogP contribution in [0.25, 0.3) is 0 Å². The molecule has 6 nitrogen and oxygen atoms in total. The Bertz CT molecular complexity index is 601. The molecule has 0 aliphatic rings. The van der Waals surface area contributed by atoms with Gasteiger partial charge in [-0.3, -0.25) is 0 Å². The summed E-state index contributed by atoms with van der Waals surface area (Å²) in [6.45, 7) is 0. The number of carbonyl (C=O) groups is 1. The zero-order valence-electron chi connectivity index (χ0n) is 10.6. The molecule has 0 bridgehead atoms. The molecule has 6 heteroatoms. The largest absolute Gasteiger partial charge is 0.495 e. The Kier molecular flexibility index (Phi) is 3.61. The Labute approximate surface area is 110 Å². The van der Waals surface area contributed by atoms with Gasteiger partial charge in [0.15, 0.2) is 11.5 Å². The fraction of sp³-hybridized carbons (Fsp3) is 0.154. The van der Waals surface area contributed by atoms with E-state index in [0.717, 1.165) is 0 Å². The van der Waals surface area contributed by atoms with Crippen molar-refractivity contribution in [2.45, 2.75) is 0 Å². The first-order chi connectivity index (χ1) is 9.15. The SMILES string of the molecule is COc1ccccc1N(C)c1nccnc1C(=O)O. The summed E-state index contributed by atoms with van der Waals surface area (Å²) in [6.07, 6.45) is 2.80. The van der Waals surface area contributed by atoms with Crippen molar-refractivity contribution in [1.82, 2.24) is 9.97 Å². The van der Waals surface area contributed by atoms with Gasteiger partial charge in [0, 0.05) is 19.4 Å². The number of rotatable bonds is 4. The van der Waals surface area contributed by atoms with E-state index in [1.807, 2.05) is 18.2 Å². The molecule has 0 atom stereocenters. The van der Waals surface area contributed by atoms with E-state index in [2.05, 4.69) is 9.97 Å². The molecule has 0 radical (unpaired) electrons. The number of anilines is 2. The van der Waals surface area contributed by atoms with Gasteiger partial charge in [-0.05, 0) is 12.1 Å². The smallest absolute Gasteiger partial charge is 0.358 e. The highest BCUT2D eigenvalue weighted by atomic mass is 16.5. The summed E-state index contributed by atoms with van der Waals surface area (Å²) in [5, 5.41) is 9.13. The third-order valence-electron chi connectivity index (χ3n) is 2.65. The molecule has 1 heterocycles. The normalized spacial score (nSPS) is 10.0. The van der Waals surface area contributed by atoms with Crippen LogP contribution in [0.1, 0.15) is 10.5 Å². The molecule has 0 aliphatic carbocycles. The van der Waals surface area contributed by atoms with Crippen LogP contribution in [0.2, 0.25) is 0 Å². The van der Waals surface area contributed by atoms with Gasteiger partial charge in [0.2, 0.25) is 0 Å². The van der Waals surface area contributed by atoms with Gasteiger partial charge in [0.1, 0.15) is 5.75 Å². The summed E-state index contributed by atoms with van der Waals surface area (Å²) in [7, 11) is 3.27. The molecule has 1 aromatic carbocycles. The number of carboxylic acid groups (broad SMARTS) is 1. The first kappa shape index (κ1) is 12.8. The Balaban J connectivity index is 2.50. The number of hydrogen-bond acceptors (Lipinski definition) is 5. The second-order valence-electron chi connectivity index (χ2n) is 3.76. The molecular weight excluding hydrogens is 246 g/mol. The van der Waals surface area contributed by atoms with Gasteiger partial charge < -0.3 is 14.7 Å². The number of nitrogens with zero attached hydrogens (tertiary/aromatic N) is 3. The fourth-order valence-corrected chi connectivity index (χ4v) is 1.75. The molecule has 19 heavy (non-hydrogen) atoms. The van der Waals surface area contributed by atoms with E-state index >= 15 is 0 Å². The van der Waals surface area contributed by atoms with Crippen molar-refractivity contribution in [1.29, 1.82) is 0 Å². The molecule has 0 aliphatic heterocycles. The highest BCUT2D eigenvalue weighted by Crippen LogP contribution is 2.31. The van der Waals surface area contributed by atoms with Crippen molar-refractivity contribution in [3.05, 3.63) is 42.4 Å². The van der Waals surface area contributed by atoms with Gasteiger partial charge in [-0.15, -0.1) is 0 Å². The Hall–Kier alpha value is -2.63. The van der Waals surface area contributed by atoms with Gasteiger partial charge in [-0.2, -0.15) is 0 Å². The predicted molar refractivity (Wildman–Crippen MR) is 70.0 cm³/mol. The number of benzene rings is 1. The molecule has 0 saturated carbocycles. The van der Waals surface area contributed by atoms with Crippen LogP contribution >= 0.6 is 0 Å². The molecule has 0 spiro atoms. The highest BCUT2D eigenvalue weighted by molar-refractivity contribution is 5.92. The van der Waals surface area contributed by atoms with Crippen LogP contribution in [-0.2, 0) is 0 Å². The van der Waals surface area contributed by atoms with E-state index in [4.69, 9.17) is 9.84 Å². The third-order valence-corrected chi connectivity index (χ3v) is 2.65. The molecule has 0 amide bonds. The molecule has 0 fully saturated rings. The maximum atomic E-state index is 11.2. The number of methoxy groups -OCH3 is 1. The van der Waals surface area contributed by atoms with E-state index in [1.165, 1.54) is 12.4 Å². The molecule has 2 aromatic rings.